The Morgan fingerprint density at radius 2 is 1.25 bits per heavy atom. The summed E-state index contributed by atoms with van der Waals surface area (Å²) in [6.07, 6.45) is 7.15. The average molecular weight is 421 g/mol. The maximum atomic E-state index is 6.11. The van der Waals surface area contributed by atoms with Crippen LogP contribution in [-0.2, 0) is 12.0 Å². The largest absolute Gasteiger partial charge is 0.490 e. The molecule has 1 aromatic heterocycles. The first-order chi connectivity index (χ1) is 15.8. The van der Waals surface area contributed by atoms with Gasteiger partial charge in [0.25, 0.3) is 0 Å². The van der Waals surface area contributed by atoms with Gasteiger partial charge in [0, 0.05) is 6.42 Å². The molecule has 0 aliphatic carbocycles. The highest BCUT2D eigenvalue weighted by molar-refractivity contribution is 5.51. The monoisotopic (exact) mass is 420 g/mol. The minimum Gasteiger partial charge on any atom is -0.490 e. The Morgan fingerprint density at radius 1 is 0.750 bits per heavy atom. The molecule has 4 rings (SSSR count). The van der Waals surface area contributed by atoms with Crippen molar-refractivity contribution in [2.75, 3.05) is 6.61 Å². The summed E-state index contributed by atoms with van der Waals surface area (Å²) in [6, 6.07) is 31.5. The lowest BCUT2D eigenvalue weighted by Gasteiger charge is -2.36. The molecule has 0 saturated heterocycles. The molecule has 1 heterocycles. The van der Waals surface area contributed by atoms with Crippen LogP contribution >= 0.6 is 0 Å². The van der Waals surface area contributed by atoms with Crippen molar-refractivity contribution < 1.29 is 4.74 Å². The molecule has 3 aromatic carbocycles. The second kappa shape index (κ2) is 9.97. The number of benzene rings is 3. The number of hydrogen-bond acceptors (Lipinski definition) is 2. The lowest BCUT2D eigenvalue weighted by atomic mass is 9.77. The quantitative estimate of drug-likeness (QED) is 0.168. The predicted octanol–water partition coefficient (Wildman–Crippen LogP) is 6.41. The first-order valence-electron chi connectivity index (χ1n) is 10.9. The topological polar surface area (TPSA) is 27.1 Å². The lowest BCUT2D eigenvalue weighted by molar-refractivity contribution is 0.321. The first kappa shape index (κ1) is 21.4. The van der Waals surface area contributed by atoms with Crippen LogP contribution in [-0.4, -0.2) is 16.4 Å². The van der Waals surface area contributed by atoms with Gasteiger partial charge in [0.2, 0.25) is 0 Å². The van der Waals surface area contributed by atoms with E-state index in [0.29, 0.717) is 13.0 Å². The van der Waals surface area contributed by atoms with Gasteiger partial charge in [0.1, 0.15) is 11.2 Å². The van der Waals surface area contributed by atoms with E-state index in [2.05, 4.69) is 90.6 Å². The summed E-state index contributed by atoms with van der Waals surface area (Å²) in [4.78, 5) is 0. The van der Waals surface area contributed by atoms with Gasteiger partial charge < -0.3 is 4.74 Å². The van der Waals surface area contributed by atoms with Crippen molar-refractivity contribution in [3.8, 4) is 5.75 Å². The van der Waals surface area contributed by atoms with Gasteiger partial charge in [-0.2, -0.15) is 5.10 Å². The van der Waals surface area contributed by atoms with Crippen molar-refractivity contribution in [2.45, 2.75) is 18.4 Å². The highest BCUT2D eigenvalue weighted by Crippen LogP contribution is 2.41. The molecular weight excluding hydrogens is 392 g/mol. The molecule has 0 atom stereocenters. The molecule has 0 saturated carbocycles. The van der Waals surface area contributed by atoms with E-state index in [0.717, 1.165) is 34.6 Å². The lowest BCUT2D eigenvalue weighted by Crippen LogP contribution is -2.38. The Balaban J connectivity index is 2.01. The Labute approximate surface area is 190 Å². The fraction of sp³-hybridized carbons (Fsp3) is 0.138. The second-order valence-electron chi connectivity index (χ2n) is 7.61. The molecule has 0 radical (unpaired) electrons. The van der Waals surface area contributed by atoms with Crippen molar-refractivity contribution >= 4 is 0 Å². The average Bonchev–Trinajstić information content (AvgIpc) is 3.25. The maximum absolute atomic E-state index is 6.11. The van der Waals surface area contributed by atoms with Crippen molar-refractivity contribution in [3.63, 3.8) is 0 Å². The van der Waals surface area contributed by atoms with Crippen LogP contribution in [0.15, 0.2) is 123 Å². The molecule has 3 nitrogen and oxygen atoms in total. The Bertz CT molecular complexity index is 1050. The molecule has 3 heteroatoms. The molecule has 0 N–H and O–H groups in total. The molecule has 0 amide bonds. The van der Waals surface area contributed by atoms with Gasteiger partial charge >= 0.3 is 0 Å². The summed E-state index contributed by atoms with van der Waals surface area (Å²) in [5.41, 5.74) is 3.60. The van der Waals surface area contributed by atoms with Crippen LogP contribution < -0.4 is 4.74 Å². The molecule has 160 valence electrons. The van der Waals surface area contributed by atoms with E-state index in [1.54, 1.807) is 0 Å². The number of nitrogens with zero attached hydrogens (tertiary/aromatic N) is 2. The fourth-order valence-electron chi connectivity index (χ4n) is 4.15. The van der Waals surface area contributed by atoms with Crippen LogP contribution in [0, 0.1) is 0 Å². The number of aromatic nitrogens is 2. The van der Waals surface area contributed by atoms with Crippen molar-refractivity contribution in [2.24, 2.45) is 0 Å². The van der Waals surface area contributed by atoms with Crippen LogP contribution in [0.3, 0.4) is 0 Å². The summed E-state index contributed by atoms with van der Waals surface area (Å²) >= 11 is 0. The van der Waals surface area contributed by atoms with Gasteiger partial charge in [0.05, 0.1) is 12.8 Å². The van der Waals surface area contributed by atoms with Crippen molar-refractivity contribution in [1.82, 2.24) is 9.78 Å². The van der Waals surface area contributed by atoms with Crippen LogP contribution in [0.25, 0.3) is 0 Å². The van der Waals surface area contributed by atoms with E-state index in [4.69, 9.17) is 9.84 Å². The van der Waals surface area contributed by atoms with Gasteiger partial charge in [-0.1, -0.05) is 103 Å². The minimum absolute atomic E-state index is 0.564. The van der Waals surface area contributed by atoms with Crippen molar-refractivity contribution in [3.05, 3.63) is 145 Å². The molecular formula is C29H28N2O. The second-order valence-corrected chi connectivity index (χ2v) is 7.61. The standard InChI is InChI=1S/C29H28N2O/c1-3-5-22-32-28-23-31(30-27(28)15-4-2)29(24-16-9-6-10-17-24,25-18-11-7-12-19-25)26-20-13-8-14-21-26/h3-4,6-14,16-21,23H,1-2,5,15,22H2. The SMILES string of the molecule is C=CCCOc1cn(C(c2ccccc2)(c2ccccc2)c2ccccc2)nc1CC=C. The van der Waals surface area contributed by atoms with E-state index < -0.39 is 5.54 Å². The summed E-state index contributed by atoms with van der Waals surface area (Å²) in [7, 11) is 0. The zero-order valence-corrected chi connectivity index (χ0v) is 18.2. The smallest absolute Gasteiger partial charge is 0.160 e. The van der Waals surface area contributed by atoms with Gasteiger partial charge in [-0.05, 0) is 23.1 Å². The Hall–Kier alpha value is -3.85. The molecule has 32 heavy (non-hydrogen) atoms. The third-order valence-corrected chi connectivity index (χ3v) is 5.59. The van der Waals surface area contributed by atoms with E-state index in [9.17, 15) is 0 Å². The zero-order chi connectivity index (χ0) is 22.2. The van der Waals surface area contributed by atoms with Crippen molar-refractivity contribution in [1.29, 1.82) is 0 Å². The summed E-state index contributed by atoms with van der Waals surface area (Å²) in [5, 5.41) is 5.07. The highest BCUT2D eigenvalue weighted by Gasteiger charge is 2.40. The number of allylic oxidation sites excluding steroid dienone is 1. The summed E-state index contributed by atoms with van der Waals surface area (Å²) < 4.78 is 8.16. The van der Waals surface area contributed by atoms with E-state index >= 15 is 0 Å². The normalized spacial score (nSPS) is 11.1. The third-order valence-electron chi connectivity index (χ3n) is 5.59. The van der Waals surface area contributed by atoms with E-state index in [1.165, 1.54) is 0 Å². The molecule has 0 aliphatic rings. The molecule has 4 aromatic rings. The van der Waals surface area contributed by atoms with Crippen LogP contribution in [0.5, 0.6) is 5.75 Å². The molecule has 0 spiro atoms. The Morgan fingerprint density at radius 3 is 1.69 bits per heavy atom. The predicted molar refractivity (Wildman–Crippen MR) is 131 cm³/mol. The minimum atomic E-state index is -0.653. The third kappa shape index (κ3) is 4.02. The highest BCUT2D eigenvalue weighted by atomic mass is 16.5. The van der Waals surface area contributed by atoms with Gasteiger partial charge in [-0.3, -0.25) is 0 Å². The van der Waals surface area contributed by atoms with Crippen LogP contribution in [0.2, 0.25) is 0 Å². The molecule has 0 bridgehead atoms. The van der Waals surface area contributed by atoms with Gasteiger partial charge in [0.15, 0.2) is 5.75 Å². The Kier molecular flexibility index (Phi) is 6.66. The number of ether oxygens (including phenoxy) is 1. The summed E-state index contributed by atoms with van der Waals surface area (Å²) in [6.45, 7) is 8.28. The number of rotatable bonds is 10. The molecule has 0 aliphatic heterocycles. The summed E-state index contributed by atoms with van der Waals surface area (Å²) in [5.74, 6) is 0.777. The van der Waals surface area contributed by atoms with E-state index in [1.807, 2.05) is 36.5 Å². The van der Waals surface area contributed by atoms with Gasteiger partial charge in [-0.25, -0.2) is 4.68 Å². The van der Waals surface area contributed by atoms with Crippen LogP contribution in [0.1, 0.15) is 28.8 Å². The van der Waals surface area contributed by atoms with E-state index in [-0.39, 0.29) is 0 Å². The zero-order valence-electron chi connectivity index (χ0n) is 18.2. The molecule has 0 unspecified atom stereocenters. The van der Waals surface area contributed by atoms with Gasteiger partial charge in [-0.15, -0.1) is 13.2 Å². The molecule has 0 fully saturated rings. The number of hydrogen-bond donors (Lipinski definition) is 0. The maximum Gasteiger partial charge on any atom is 0.160 e. The first-order valence-corrected chi connectivity index (χ1v) is 10.9. The fourth-order valence-corrected chi connectivity index (χ4v) is 4.15. The van der Waals surface area contributed by atoms with Crippen LogP contribution in [0.4, 0.5) is 0 Å².